The van der Waals surface area contributed by atoms with E-state index in [0.717, 1.165) is 4.90 Å². The first-order valence-electron chi connectivity index (χ1n) is 20.3. The largest absolute Gasteiger partial charge is 0.448 e. The molecule has 2 saturated heterocycles. The predicted octanol–water partition coefficient (Wildman–Crippen LogP) is 3.78. The molecule has 3 atom stereocenters. The Morgan fingerprint density at radius 1 is 0.891 bits per heavy atom. The molecule has 3 aliphatic rings. The van der Waals surface area contributed by atoms with Crippen LogP contribution in [0.5, 0.6) is 0 Å². The van der Waals surface area contributed by atoms with Gasteiger partial charge in [-0.25, -0.2) is 19.1 Å². The van der Waals surface area contributed by atoms with Crippen molar-refractivity contribution in [2.24, 2.45) is 7.05 Å². The van der Waals surface area contributed by atoms with E-state index in [2.05, 4.69) is 31.5 Å². The number of carbonyl (C=O) groups excluding carboxylic acids is 7. The molecule has 21 heteroatoms. The van der Waals surface area contributed by atoms with Crippen molar-refractivity contribution in [3.8, 4) is 0 Å². The first kappa shape index (κ1) is 45.3. The van der Waals surface area contributed by atoms with Crippen LogP contribution >= 0.6 is 23.5 Å². The zero-order valence-electron chi connectivity index (χ0n) is 35.5. The van der Waals surface area contributed by atoms with Crippen molar-refractivity contribution < 1.29 is 43.0 Å². The van der Waals surface area contributed by atoms with Gasteiger partial charge in [-0.1, -0.05) is 84.6 Å². The molecule has 4 aromatic rings. The number of β-lactam (4-membered cyclic amide) rings is 1. The van der Waals surface area contributed by atoms with Crippen LogP contribution in [0, 0.1) is 0 Å². The third kappa shape index (κ3) is 10.0. The van der Waals surface area contributed by atoms with Crippen molar-refractivity contribution in [2.45, 2.75) is 62.0 Å². The Kier molecular flexibility index (Phi) is 13.7. The van der Waals surface area contributed by atoms with E-state index >= 15 is 0 Å². The van der Waals surface area contributed by atoms with Crippen molar-refractivity contribution in [3.63, 3.8) is 0 Å². The molecule has 2 fully saturated rings. The molecule has 7 rings (SSSR count). The van der Waals surface area contributed by atoms with Crippen LogP contribution in [0.4, 0.5) is 15.3 Å². The lowest BCUT2D eigenvalue weighted by Gasteiger charge is -2.50. The molecule has 7 amide bonds. The van der Waals surface area contributed by atoms with E-state index in [-0.39, 0.29) is 42.4 Å². The van der Waals surface area contributed by atoms with Gasteiger partial charge < -0.3 is 25.0 Å². The fraction of sp³-hybridized carbons (Fsp3) is 0.349. The number of urea groups is 1. The number of ether oxygens (including phenoxy) is 2. The number of fused-ring (bicyclic) bond motifs is 1. The summed E-state index contributed by atoms with van der Waals surface area (Å²) < 4.78 is 13.1. The molecule has 3 aliphatic heterocycles. The second kappa shape index (κ2) is 19.3. The number of nitrogens with one attached hydrogen (secondary N) is 3. The highest BCUT2D eigenvalue weighted by Gasteiger charge is 2.55. The third-order valence-corrected chi connectivity index (χ3v) is 12.7. The van der Waals surface area contributed by atoms with Gasteiger partial charge in [0, 0.05) is 43.9 Å². The summed E-state index contributed by atoms with van der Waals surface area (Å²) in [6.07, 6.45) is -1.53. The first-order chi connectivity index (χ1) is 30.6. The average molecular weight is 911 g/mol. The minimum absolute atomic E-state index is 0.0334. The number of tetrazole rings is 1. The standard InChI is InChI=1S/C43H46N10O9S2/c1-6-51-21-22-52(37(57)36(51)56)40(59)46-30(25-17-19-29(20-18-25)44-42(60)62-43(2,3)4)34(54)45-31-35(55)53-32(28(23-63-38(31)53)24-64-41-47-48-49-50(41)5)39(58)61-33(26-13-9-7-10-14-26)27-15-11-8-12-16-27/h7-20,30-31,33,38H,6,21-24H2,1-5H3,(H,44,60)(H,45,54)(H,46,59)/t30-,31+,38+/m0/s1. The number of nitrogens with zero attached hydrogens (tertiary/aromatic N) is 7. The third-order valence-electron chi connectivity index (χ3n) is 10.3. The molecular formula is C43H46N10O9S2. The van der Waals surface area contributed by atoms with Gasteiger partial charge in [0.25, 0.3) is 5.91 Å². The number of rotatable bonds is 13. The summed E-state index contributed by atoms with van der Waals surface area (Å²) >= 11 is 2.60. The van der Waals surface area contributed by atoms with E-state index in [0.29, 0.717) is 27.5 Å². The van der Waals surface area contributed by atoms with Crippen LogP contribution in [0.3, 0.4) is 0 Å². The fourth-order valence-electron chi connectivity index (χ4n) is 7.11. The molecule has 3 N–H and O–H groups in total. The average Bonchev–Trinajstić information content (AvgIpc) is 3.70. The molecule has 0 radical (unpaired) electrons. The molecule has 0 saturated carbocycles. The number of anilines is 1. The summed E-state index contributed by atoms with van der Waals surface area (Å²) in [7, 11) is 1.68. The quantitative estimate of drug-likeness (QED) is 0.0752. The Morgan fingerprint density at radius 2 is 1.55 bits per heavy atom. The number of imide groups is 1. The number of hydrogen-bond acceptors (Lipinski definition) is 14. The molecule has 334 valence electrons. The zero-order chi connectivity index (χ0) is 45.7. The molecule has 0 spiro atoms. The van der Waals surface area contributed by atoms with Gasteiger partial charge in [-0.2, -0.15) is 0 Å². The Hall–Kier alpha value is -6.74. The molecule has 3 aromatic carbocycles. The van der Waals surface area contributed by atoms with Crippen molar-refractivity contribution in [3.05, 3.63) is 113 Å². The van der Waals surface area contributed by atoms with Crippen LogP contribution in [0.15, 0.2) is 101 Å². The maximum atomic E-state index is 14.5. The summed E-state index contributed by atoms with van der Waals surface area (Å²) in [5.74, 6) is -3.57. The number of benzene rings is 3. The fourth-order valence-corrected chi connectivity index (χ4v) is 9.45. The number of likely N-dealkylation sites (N-methyl/N-ethyl adjacent to an activating group) is 1. The van der Waals surface area contributed by atoms with E-state index in [9.17, 15) is 33.6 Å². The topological polar surface area (TPSA) is 227 Å². The van der Waals surface area contributed by atoms with Gasteiger partial charge in [-0.05, 0) is 72.5 Å². The first-order valence-corrected chi connectivity index (χ1v) is 22.3. The number of piperazine rings is 1. The number of esters is 1. The Labute approximate surface area is 376 Å². The lowest BCUT2D eigenvalue weighted by molar-refractivity contribution is -0.155. The number of aryl methyl sites for hydroxylation is 1. The Morgan fingerprint density at radius 3 is 2.14 bits per heavy atom. The van der Waals surface area contributed by atoms with Crippen LogP contribution in [-0.4, -0.2) is 125 Å². The Balaban J connectivity index is 1.15. The van der Waals surface area contributed by atoms with Crippen LogP contribution in [0.2, 0.25) is 0 Å². The Bertz CT molecular complexity index is 2420. The number of hydrogen-bond donors (Lipinski definition) is 3. The van der Waals surface area contributed by atoms with Gasteiger partial charge >= 0.3 is 29.9 Å². The van der Waals surface area contributed by atoms with Crippen molar-refractivity contribution in [1.82, 2.24) is 45.5 Å². The van der Waals surface area contributed by atoms with Gasteiger partial charge in [-0.15, -0.1) is 16.9 Å². The maximum absolute atomic E-state index is 14.5. The molecule has 0 bridgehead atoms. The highest BCUT2D eigenvalue weighted by atomic mass is 32.2. The van der Waals surface area contributed by atoms with E-state index in [4.69, 9.17) is 9.47 Å². The van der Waals surface area contributed by atoms with Gasteiger partial charge in [-0.3, -0.25) is 34.3 Å². The number of thioether (sulfide) groups is 2. The maximum Gasteiger partial charge on any atom is 0.412 e. The summed E-state index contributed by atoms with van der Waals surface area (Å²) in [5.41, 5.74) is 1.83. The lowest BCUT2D eigenvalue weighted by atomic mass is 10.00. The van der Waals surface area contributed by atoms with Gasteiger partial charge in [0.15, 0.2) is 6.10 Å². The molecule has 19 nitrogen and oxygen atoms in total. The second-order valence-corrected chi connectivity index (χ2v) is 17.8. The van der Waals surface area contributed by atoms with Crippen LogP contribution in [0.1, 0.15) is 56.5 Å². The van der Waals surface area contributed by atoms with Crippen LogP contribution < -0.4 is 16.0 Å². The second-order valence-electron chi connectivity index (χ2n) is 15.8. The molecule has 64 heavy (non-hydrogen) atoms. The van der Waals surface area contributed by atoms with Crippen molar-refractivity contribution >= 4 is 70.9 Å². The summed E-state index contributed by atoms with van der Waals surface area (Å²) in [6.45, 7) is 7.12. The highest BCUT2D eigenvalue weighted by molar-refractivity contribution is 8.01. The summed E-state index contributed by atoms with van der Waals surface area (Å²) in [6, 6.07) is 20.7. The molecular weight excluding hydrogens is 865 g/mol. The molecule has 0 unspecified atom stereocenters. The predicted molar refractivity (Wildman–Crippen MR) is 234 cm³/mol. The number of carbonyl (C=O) groups is 7. The van der Waals surface area contributed by atoms with E-state index in [1.54, 1.807) is 34.7 Å². The number of amides is 7. The SMILES string of the molecule is CCN1CCN(C(=O)N[C@H](C(=O)N[C@@H]2C(=O)N3C(C(=O)OC(c4ccccc4)c4ccccc4)=C(CSc4nnnn4C)CS[C@H]23)c2ccc(NC(=O)OC(C)(C)C)cc2)C(=O)C1=O. The summed E-state index contributed by atoms with van der Waals surface area (Å²) in [4.78, 5) is 98.3. The normalized spacial score (nSPS) is 18.0. The minimum Gasteiger partial charge on any atom is -0.448 e. The van der Waals surface area contributed by atoms with E-state index in [1.165, 1.54) is 62.3 Å². The van der Waals surface area contributed by atoms with Gasteiger partial charge in [0.1, 0.15) is 28.8 Å². The summed E-state index contributed by atoms with van der Waals surface area (Å²) in [5, 5.41) is 19.3. The molecule has 1 aromatic heterocycles. The van der Waals surface area contributed by atoms with Crippen LogP contribution in [0.25, 0.3) is 0 Å². The lowest BCUT2D eigenvalue weighted by Crippen LogP contribution is -2.71. The molecule has 0 aliphatic carbocycles. The zero-order valence-corrected chi connectivity index (χ0v) is 37.2. The van der Waals surface area contributed by atoms with Crippen LogP contribution in [-0.2, 0) is 40.5 Å². The number of aromatic nitrogens is 4. The van der Waals surface area contributed by atoms with Gasteiger partial charge in [0.05, 0.1) is 0 Å². The molecule has 4 heterocycles. The highest BCUT2D eigenvalue weighted by Crippen LogP contribution is 2.43. The van der Waals surface area contributed by atoms with E-state index < -0.39 is 70.9 Å². The van der Waals surface area contributed by atoms with Crippen molar-refractivity contribution in [2.75, 3.05) is 36.5 Å². The minimum atomic E-state index is -1.49. The smallest absolute Gasteiger partial charge is 0.412 e. The van der Waals surface area contributed by atoms with Gasteiger partial charge in [0.2, 0.25) is 11.1 Å². The van der Waals surface area contributed by atoms with E-state index in [1.807, 2.05) is 60.7 Å². The van der Waals surface area contributed by atoms with Crippen molar-refractivity contribution in [1.29, 1.82) is 0 Å². The monoisotopic (exact) mass is 910 g/mol.